The SMILES string of the molecule is CCCC(=O)Nc1ccc(CNC(=O)c2ccoc2CN2c3ccccc3CC2C)cc1. The number of carbonyl (C=O) groups is 2. The van der Waals surface area contributed by atoms with E-state index >= 15 is 0 Å². The van der Waals surface area contributed by atoms with Gasteiger partial charge < -0.3 is 20.0 Å². The Morgan fingerprint density at radius 2 is 1.88 bits per heavy atom. The van der Waals surface area contributed by atoms with Crippen LogP contribution in [0.3, 0.4) is 0 Å². The van der Waals surface area contributed by atoms with E-state index in [1.54, 1.807) is 12.3 Å². The third-order valence-electron chi connectivity index (χ3n) is 5.82. The van der Waals surface area contributed by atoms with Gasteiger partial charge in [0.1, 0.15) is 5.76 Å². The Hall–Kier alpha value is -3.54. The first-order valence-corrected chi connectivity index (χ1v) is 11.1. The Kier molecular flexibility index (Phi) is 6.59. The summed E-state index contributed by atoms with van der Waals surface area (Å²) < 4.78 is 5.69. The highest BCUT2D eigenvalue weighted by Gasteiger charge is 2.27. The molecule has 2 aromatic carbocycles. The van der Waals surface area contributed by atoms with Crippen LogP contribution in [-0.4, -0.2) is 17.9 Å². The number of nitrogens with one attached hydrogen (secondary N) is 2. The highest BCUT2D eigenvalue weighted by Crippen LogP contribution is 2.33. The molecule has 0 bridgehead atoms. The van der Waals surface area contributed by atoms with E-state index in [0.717, 1.165) is 24.1 Å². The predicted molar refractivity (Wildman–Crippen MR) is 126 cm³/mol. The summed E-state index contributed by atoms with van der Waals surface area (Å²) in [5.41, 5.74) is 4.81. The summed E-state index contributed by atoms with van der Waals surface area (Å²) in [5.74, 6) is 0.519. The van der Waals surface area contributed by atoms with Gasteiger partial charge in [-0.05, 0) is 55.2 Å². The topological polar surface area (TPSA) is 74.6 Å². The summed E-state index contributed by atoms with van der Waals surface area (Å²) in [6.45, 7) is 5.12. The minimum absolute atomic E-state index is 0.0102. The molecule has 0 saturated heterocycles. The second-order valence-electron chi connectivity index (χ2n) is 8.24. The van der Waals surface area contributed by atoms with Crippen molar-refractivity contribution in [3.63, 3.8) is 0 Å². The van der Waals surface area contributed by atoms with Crippen LogP contribution in [-0.2, 0) is 24.3 Å². The van der Waals surface area contributed by atoms with E-state index in [1.807, 2.05) is 37.3 Å². The number of rotatable bonds is 8. The van der Waals surface area contributed by atoms with Crippen LogP contribution >= 0.6 is 0 Å². The van der Waals surface area contributed by atoms with Crippen molar-refractivity contribution in [1.82, 2.24) is 5.32 Å². The van der Waals surface area contributed by atoms with Crippen LogP contribution in [0.5, 0.6) is 0 Å². The van der Waals surface area contributed by atoms with Crippen molar-refractivity contribution in [2.45, 2.75) is 52.2 Å². The van der Waals surface area contributed by atoms with Crippen molar-refractivity contribution in [2.75, 3.05) is 10.2 Å². The maximum Gasteiger partial charge on any atom is 0.255 e. The van der Waals surface area contributed by atoms with E-state index in [-0.39, 0.29) is 11.8 Å². The first-order chi connectivity index (χ1) is 15.5. The third kappa shape index (κ3) is 4.85. The number of benzene rings is 2. The smallest absolute Gasteiger partial charge is 0.255 e. The quantitative estimate of drug-likeness (QED) is 0.532. The molecule has 0 radical (unpaired) electrons. The van der Waals surface area contributed by atoms with Gasteiger partial charge in [-0.15, -0.1) is 0 Å². The van der Waals surface area contributed by atoms with Crippen LogP contribution in [0.25, 0.3) is 0 Å². The number of hydrogen-bond acceptors (Lipinski definition) is 4. The van der Waals surface area contributed by atoms with E-state index in [4.69, 9.17) is 4.42 Å². The zero-order chi connectivity index (χ0) is 22.5. The first-order valence-electron chi connectivity index (χ1n) is 11.1. The molecule has 1 unspecified atom stereocenters. The van der Waals surface area contributed by atoms with E-state index < -0.39 is 0 Å². The lowest BCUT2D eigenvalue weighted by atomic mass is 10.1. The first kappa shape index (κ1) is 21.7. The zero-order valence-electron chi connectivity index (χ0n) is 18.6. The third-order valence-corrected chi connectivity index (χ3v) is 5.82. The van der Waals surface area contributed by atoms with Crippen molar-refractivity contribution in [3.8, 4) is 0 Å². The van der Waals surface area contributed by atoms with Crippen molar-refractivity contribution in [2.24, 2.45) is 0 Å². The van der Waals surface area contributed by atoms with E-state index in [0.29, 0.717) is 36.9 Å². The van der Waals surface area contributed by atoms with Gasteiger partial charge in [0.15, 0.2) is 0 Å². The lowest BCUT2D eigenvalue weighted by molar-refractivity contribution is -0.116. The molecule has 6 heteroatoms. The van der Waals surface area contributed by atoms with Gasteiger partial charge in [-0.25, -0.2) is 0 Å². The molecule has 1 aliphatic rings. The number of anilines is 2. The summed E-state index contributed by atoms with van der Waals surface area (Å²) in [4.78, 5) is 26.8. The number of furan rings is 1. The Morgan fingerprint density at radius 3 is 2.66 bits per heavy atom. The Morgan fingerprint density at radius 1 is 1.09 bits per heavy atom. The second kappa shape index (κ2) is 9.73. The molecule has 32 heavy (non-hydrogen) atoms. The molecule has 0 aliphatic carbocycles. The van der Waals surface area contributed by atoms with Gasteiger partial charge in [0.25, 0.3) is 5.91 Å². The lowest BCUT2D eigenvalue weighted by Gasteiger charge is -2.24. The van der Waals surface area contributed by atoms with Crippen LogP contribution in [0.15, 0.2) is 65.3 Å². The fraction of sp³-hybridized carbons (Fsp3) is 0.308. The molecule has 4 rings (SSSR count). The van der Waals surface area contributed by atoms with Crippen molar-refractivity contribution in [1.29, 1.82) is 0 Å². The summed E-state index contributed by atoms with van der Waals surface area (Å²) in [7, 11) is 0. The molecular weight excluding hydrogens is 402 g/mol. The molecule has 3 aromatic rings. The molecule has 1 aromatic heterocycles. The van der Waals surface area contributed by atoms with Crippen LogP contribution in [0, 0.1) is 0 Å². The molecule has 2 N–H and O–H groups in total. The summed E-state index contributed by atoms with van der Waals surface area (Å²) in [5, 5.41) is 5.84. The van der Waals surface area contributed by atoms with Crippen LogP contribution in [0.2, 0.25) is 0 Å². The average Bonchev–Trinajstić information content (AvgIpc) is 3.38. The zero-order valence-corrected chi connectivity index (χ0v) is 18.6. The normalized spacial score (nSPS) is 14.8. The standard InChI is InChI=1S/C26H29N3O3/c1-3-6-25(30)28-21-11-9-19(10-12-21)16-27-26(31)22-13-14-32-24(22)17-29-18(2)15-20-7-4-5-8-23(20)29/h4-5,7-14,18H,3,6,15-17H2,1-2H3,(H,27,31)(H,28,30). The van der Waals surface area contributed by atoms with Crippen LogP contribution in [0.4, 0.5) is 11.4 Å². The van der Waals surface area contributed by atoms with E-state index in [2.05, 4.69) is 40.7 Å². The number of para-hydroxylation sites is 1. The molecule has 0 fully saturated rings. The molecule has 2 heterocycles. The van der Waals surface area contributed by atoms with Gasteiger partial charge in [0, 0.05) is 30.4 Å². The molecule has 166 valence electrons. The summed E-state index contributed by atoms with van der Waals surface area (Å²) >= 11 is 0. The predicted octanol–water partition coefficient (Wildman–Crippen LogP) is 4.90. The average molecular weight is 432 g/mol. The van der Waals surface area contributed by atoms with Gasteiger partial charge in [-0.1, -0.05) is 37.3 Å². The fourth-order valence-corrected chi connectivity index (χ4v) is 4.12. The number of hydrogen-bond donors (Lipinski definition) is 2. The summed E-state index contributed by atoms with van der Waals surface area (Å²) in [6.07, 6.45) is 3.89. The molecular formula is C26H29N3O3. The van der Waals surface area contributed by atoms with Crippen molar-refractivity contribution < 1.29 is 14.0 Å². The Labute approximate surface area is 188 Å². The molecule has 1 atom stereocenters. The van der Waals surface area contributed by atoms with Crippen LogP contribution < -0.4 is 15.5 Å². The van der Waals surface area contributed by atoms with Crippen molar-refractivity contribution >= 4 is 23.2 Å². The Bertz CT molecular complexity index is 1090. The lowest BCUT2D eigenvalue weighted by Crippen LogP contribution is -2.30. The minimum Gasteiger partial charge on any atom is -0.467 e. The second-order valence-corrected chi connectivity index (χ2v) is 8.24. The number of nitrogens with zero attached hydrogens (tertiary/aromatic N) is 1. The number of carbonyl (C=O) groups excluding carboxylic acids is 2. The molecule has 0 spiro atoms. The van der Waals surface area contributed by atoms with Crippen LogP contribution in [0.1, 0.15) is 53.9 Å². The van der Waals surface area contributed by atoms with Crippen molar-refractivity contribution in [3.05, 3.63) is 83.3 Å². The Balaban J connectivity index is 1.36. The fourth-order valence-electron chi connectivity index (χ4n) is 4.12. The van der Waals surface area contributed by atoms with Gasteiger partial charge in [0.05, 0.1) is 18.4 Å². The number of amides is 2. The maximum atomic E-state index is 12.8. The van der Waals surface area contributed by atoms with Gasteiger partial charge in [0.2, 0.25) is 5.91 Å². The highest BCUT2D eigenvalue weighted by molar-refractivity contribution is 5.95. The van der Waals surface area contributed by atoms with Gasteiger partial charge in [-0.3, -0.25) is 9.59 Å². The monoisotopic (exact) mass is 431 g/mol. The maximum absolute atomic E-state index is 12.8. The molecule has 0 saturated carbocycles. The molecule has 1 aliphatic heterocycles. The molecule has 2 amide bonds. The van der Waals surface area contributed by atoms with Gasteiger partial charge in [-0.2, -0.15) is 0 Å². The minimum atomic E-state index is -0.158. The molecule has 6 nitrogen and oxygen atoms in total. The highest BCUT2D eigenvalue weighted by atomic mass is 16.3. The summed E-state index contributed by atoms with van der Waals surface area (Å²) in [6, 6.07) is 18.0. The van der Waals surface area contributed by atoms with E-state index in [1.165, 1.54) is 11.3 Å². The van der Waals surface area contributed by atoms with Gasteiger partial charge >= 0.3 is 0 Å². The number of fused-ring (bicyclic) bond motifs is 1. The van der Waals surface area contributed by atoms with E-state index in [9.17, 15) is 9.59 Å². The largest absolute Gasteiger partial charge is 0.467 e.